The van der Waals surface area contributed by atoms with Crippen LogP contribution in [0.1, 0.15) is 32.1 Å². The SMILES string of the molecule is CN1CCC(N2CCCCC2CC(=O)O)C1=O. The number of carboxylic acids is 1. The summed E-state index contributed by atoms with van der Waals surface area (Å²) in [5, 5.41) is 8.92. The molecule has 0 saturated carbocycles. The summed E-state index contributed by atoms with van der Waals surface area (Å²) < 4.78 is 0. The van der Waals surface area contributed by atoms with Gasteiger partial charge in [0.05, 0.1) is 12.5 Å². The first kappa shape index (κ1) is 12.4. The van der Waals surface area contributed by atoms with Crippen molar-refractivity contribution in [2.75, 3.05) is 20.1 Å². The molecule has 2 aliphatic heterocycles. The van der Waals surface area contributed by atoms with Crippen LogP contribution in [0.3, 0.4) is 0 Å². The fraction of sp³-hybridized carbons (Fsp3) is 0.833. The minimum absolute atomic E-state index is 0.0432. The zero-order valence-electron chi connectivity index (χ0n) is 10.3. The molecule has 0 bridgehead atoms. The van der Waals surface area contributed by atoms with Gasteiger partial charge in [-0.15, -0.1) is 0 Å². The number of hydrogen-bond acceptors (Lipinski definition) is 3. The topological polar surface area (TPSA) is 60.9 Å². The molecule has 0 aromatic rings. The molecule has 2 atom stereocenters. The molecule has 0 aromatic carbocycles. The van der Waals surface area contributed by atoms with E-state index in [0.717, 1.165) is 38.8 Å². The number of likely N-dealkylation sites (N-methyl/N-ethyl adjacent to an activating group) is 1. The Morgan fingerprint density at radius 2 is 2.12 bits per heavy atom. The van der Waals surface area contributed by atoms with Crippen molar-refractivity contribution in [2.45, 2.75) is 44.2 Å². The molecule has 2 aliphatic rings. The third-order valence-electron chi connectivity index (χ3n) is 3.88. The largest absolute Gasteiger partial charge is 0.481 e. The molecule has 2 saturated heterocycles. The number of carbonyl (C=O) groups is 2. The van der Waals surface area contributed by atoms with Gasteiger partial charge in [-0.05, 0) is 25.8 Å². The number of likely N-dealkylation sites (tertiary alicyclic amines) is 2. The Labute approximate surface area is 101 Å². The van der Waals surface area contributed by atoms with E-state index in [2.05, 4.69) is 4.90 Å². The summed E-state index contributed by atoms with van der Waals surface area (Å²) in [6.07, 6.45) is 4.05. The smallest absolute Gasteiger partial charge is 0.304 e. The van der Waals surface area contributed by atoms with Crippen molar-refractivity contribution in [3.8, 4) is 0 Å². The van der Waals surface area contributed by atoms with Crippen molar-refractivity contribution in [1.29, 1.82) is 0 Å². The normalized spacial score (nSPS) is 30.9. The second kappa shape index (κ2) is 5.04. The Kier molecular flexibility index (Phi) is 3.66. The lowest BCUT2D eigenvalue weighted by Crippen LogP contribution is -2.50. The van der Waals surface area contributed by atoms with Crippen molar-refractivity contribution >= 4 is 11.9 Å². The lowest BCUT2D eigenvalue weighted by molar-refractivity contribution is -0.141. The lowest BCUT2D eigenvalue weighted by Gasteiger charge is -2.38. The molecule has 0 aromatic heterocycles. The highest BCUT2D eigenvalue weighted by atomic mass is 16.4. The molecule has 5 nitrogen and oxygen atoms in total. The number of aliphatic carboxylic acids is 1. The minimum Gasteiger partial charge on any atom is -0.481 e. The van der Waals surface area contributed by atoms with Gasteiger partial charge in [0.25, 0.3) is 0 Å². The van der Waals surface area contributed by atoms with Crippen LogP contribution in [0.15, 0.2) is 0 Å². The van der Waals surface area contributed by atoms with Gasteiger partial charge in [0.2, 0.25) is 5.91 Å². The fourth-order valence-corrected chi connectivity index (χ4v) is 2.97. The number of nitrogens with zero attached hydrogens (tertiary/aromatic N) is 2. The zero-order chi connectivity index (χ0) is 12.4. The van der Waals surface area contributed by atoms with Crippen molar-refractivity contribution in [3.63, 3.8) is 0 Å². The van der Waals surface area contributed by atoms with Gasteiger partial charge in [-0.2, -0.15) is 0 Å². The predicted molar refractivity (Wildman–Crippen MR) is 62.6 cm³/mol. The van der Waals surface area contributed by atoms with Gasteiger partial charge in [-0.25, -0.2) is 0 Å². The van der Waals surface area contributed by atoms with E-state index in [1.54, 1.807) is 4.90 Å². The van der Waals surface area contributed by atoms with Crippen LogP contribution in [0.4, 0.5) is 0 Å². The Morgan fingerprint density at radius 1 is 1.35 bits per heavy atom. The second-order valence-corrected chi connectivity index (χ2v) is 5.05. The van der Waals surface area contributed by atoms with E-state index in [1.165, 1.54) is 0 Å². The summed E-state index contributed by atoms with van der Waals surface area (Å²) in [6, 6.07) is -0.0358. The summed E-state index contributed by atoms with van der Waals surface area (Å²) in [6.45, 7) is 1.65. The van der Waals surface area contributed by atoms with Crippen LogP contribution in [0.25, 0.3) is 0 Å². The average molecular weight is 240 g/mol. The number of rotatable bonds is 3. The number of carbonyl (C=O) groups excluding carboxylic acids is 1. The maximum Gasteiger partial charge on any atom is 0.304 e. The first-order chi connectivity index (χ1) is 8.09. The summed E-state index contributed by atoms with van der Waals surface area (Å²) in [4.78, 5) is 26.7. The van der Waals surface area contributed by atoms with Crippen molar-refractivity contribution in [1.82, 2.24) is 9.80 Å². The van der Waals surface area contributed by atoms with Gasteiger partial charge >= 0.3 is 5.97 Å². The fourth-order valence-electron chi connectivity index (χ4n) is 2.97. The van der Waals surface area contributed by atoms with E-state index >= 15 is 0 Å². The van der Waals surface area contributed by atoms with Gasteiger partial charge in [-0.1, -0.05) is 6.42 Å². The predicted octanol–water partition coefficient (Wildman–Crippen LogP) is 0.546. The first-order valence-corrected chi connectivity index (χ1v) is 6.32. The van der Waals surface area contributed by atoms with Crippen LogP contribution < -0.4 is 0 Å². The highest BCUT2D eigenvalue weighted by Gasteiger charge is 2.38. The van der Waals surface area contributed by atoms with Crippen molar-refractivity contribution in [2.24, 2.45) is 0 Å². The standard InChI is InChI=1S/C12H20N2O3/c1-13-7-5-10(12(13)17)14-6-3-2-4-9(14)8-11(15)16/h9-10H,2-8H2,1H3,(H,15,16). The van der Waals surface area contributed by atoms with E-state index < -0.39 is 5.97 Å². The van der Waals surface area contributed by atoms with Crippen molar-refractivity contribution < 1.29 is 14.7 Å². The Morgan fingerprint density at radius 3 is 2.71 bits per heavy atom. The molecule has 17 heavy (non-hydrogen) atoms. The van der Waals surface area contributed by atoms with Gasteiger partial charge in [0, 0.05) is 19.6 Å². The van der Waals surface area contributed by atoms with Gasteiger partial charge in [0.15, 0.2) is 0 Å². The van der Waals surface area contributed by atoms with Gasteiger partial charge < -0.3 is 10.0 Å². The molecule has 2 rings (SSSR count). The Hall–Kier alpha value is -1.10. The van der Waals surface area contributed by atoms with E-state index in [0.29, 0.717) is 0 Å². The van der Waals surface area contributed by atoms with E-state index in [-0.39, 0.29) is 24.4 Å². The average Bonchev–Trinajstić information content (AvgIpc) is 2.60. The molecule has 2 unspecified atom stereocenters. The van der Waals surface area contributed by atoms with Crippen LogP contribution in [-0.2, 0) is 9.59 Å². The van der Waals surface area contributed by atoms with Crippen LogP contribution in [-0.4, -0.2) is 59.0 Å². The quantitative estimate of drug-likeness (QED) is 0.782. The Bertz CT molecular complexity index is 319. The molecular formula is C12H20N2O3. The third kappa shape index (κ3) is 2.60. The number of hydrogen-bond donors (Lipinski definition) is 1. The summed E-state index contributed by atoms with van der Waals surface area (Å²) >= 11 is 0. The molecule has 1 amide bonds. The maximum absolute atomic E-state index is 12.0. The van der Waals surface area contributed by atoms with Crippen LogP contribution in [0.2, 0.25) is 0 Å². The molecule has 0 aliphatic carbocycles. The van der Waals surface area contributed by atoms with Gasteiger partial charge in [0.1, 0.15) is 0 Å². The number of carboxylic acid groups (broad SMARTS) is 1. The third-order valence-corrected chi connectivity index (χ3v) is 3.88. The van der Waals surface area contributed by atoms with Crippen LogP contribution >= 0.6 is 0 Å². The molecular weight excluding hydrogens is 220 g/mol. The maximum atomic E-state index is 12.0. The molecule has 5 heteroatoms. The zero-order valence-corrected chi connectivity index (χ0v) is 10.3. The molecule has 1 N–H and O–H groups in total. The molecule has 2 fully saturated rings. The summed E-state index contributed by atoms with van der Waals surface area (Å²) in [5.41, 5.74) is 0. The van der Waals surface area contributed by atoms with Gasteiger partial charge in [-0.3, -0.25) is 14.5 Å². The lowest BCUT2D eigenvalue weighted by atomic mass is 9.96. The first-order valence-electron chi connectivity index (χ1n) is 6.32. The second-order valence-electron chi connectivity index (χ2n) is 5.05. The summed E-state index contributed by atoms with van der Waals surface area (Å²) in [5.74, 6) is -0.608. The molecule has 0 spiro atoms. The molecule has 0 radical (unpaired) electrons. The number of piperidine rings is 1. The summed E-state index contributed by atoms with van der Waals surface area (Å²) in [7, 11) is 1.82. The monoisotopic (exact) mass is 240 g/mol. The highest BCUT2D eigenvalue weighted by Crippen LogP contribution is 2.26. The van der Waals surface area contributed by atoms with E-state index in [1.807, 2.05) is 7.05 Å². The minimum atomic E-state index is -0.763. The van der Waals surface area contributed by atoms with E-state index in [4.69, 9.17) is 5.11 Å². The Balaban J connectivity index is 2.05. The molecule has 96 valence electrons. The van der Waals surface area contributed by atoms with E-state index in [9.17, 15) is 9.59 Å². The van der Waals surface area contributed by atoms with Crippen molar-refractivity contribution in [3.05, 3.63) is 0 Å². The molecule has 2 heterocycles. The number of amides is 1. The van der Waals surface area contributed by atoms with Crippen LogP contribution in [0, 0.1) is 0 Å². The van der Waals surface area contributed by atoms with Crippen LogP contribution in [0.5, 0.6) is 0 Å². The highest BCUT2D eigenvalue weighted by molar-refractivity contribution is 5.83.